The number of hydrogen-bond acceptors (Lipinski definition) is 7. The zero-order chi connectivity index (χ0) is 19.2. The van der Waals surface area contributed by atoms with Crippen molar-refractivity contribution in [2.45, 2.75) is 13.5 Å². The molecular weight excluding hydrogens is 372 g/mol. The molecule has 0 bridgehead atoms. The zero-order valence-corrected chi connectivity index (χ0v) is 15.1. The highest BCUT2D eigenvalue weighted by Crippen LogP contribution is 2.20. The van der Waals surface area contributed by atoms with Gasteiger partial charge in [0.2, 0.25) is 5.89 Å². The van der Waals surface area contributed by atoms with Crippen molar-refractivity contribution in [2.24, 2.45) is 0 Å². The second-order valence-corrected chi connectivity index (χ2v) is 5.97. The number of hydrogen-bond donors (Lipinski definition) is 0. The minimum atomic E-state index is -0.586. The quantitative estimate of drug-likeness (QED) is 0.451. The molecule has 0 aliphatic rings. The van der Waals surface area contributed by atoms with Crippen molar-refractivity contribution in [3.63, 3.8) is 0 Å². The molecule has 27 heavy (non-hydrogen) atoms. The summed E-state index contributed by atoms with van der Waals surface area (Å²) in [6, 6.07) is 13.4. The second kappa shape index (κ2) is 8.46. The van der Waals surface area contributed by atoms with Crippen molar-refractivity contribution in [2.75, 3.05) is 6.61 Å². The van der Waals surface area contributed by atoms with Gasteiger partial charge >= 0.3 is 5.97 Å². The summed E-state index contributed by atoms with van der Waals surface area (Å²) < 4.78 is 15.8. The van der Waals surface area contributed by atoms with Crippen LogP contribution in [0.4, 0.5) is 0 Å². The van der Waals surface area contributed by atoms with Gasteiger partial charge in [0, 0.05) is 16.1 Å². The Morgan fingerprint density at radius 2 is 1.74 bits per heavy atom. The molecule has 0 amide bonds. The smallest absolute Gasteiger partial charge is 0.344 e. The SMILES string of the molecule is CC(=O)c1ccc(OCC(=O)OCc2nnc(-c3ccc(Cl)cc3)o2)cc1. The second-order valence-electron chi connectivity index (χ2n) is 5.54. The van der Waals surface area contributed by atoms with Crippen LogP contribution >= 0.6 is 11.6 Å². The Kier molecular flexibility index (Phi) is 5.83. The van der Waals surface area contributed by atoms with E-state index in [0.717, 1.165) is 0 Å². The van der Waals surface area contributed by atoms with E-state index >= 15 is 0 Å². The Morgan fingerprint density at radius 1 is 1.04 bits per heavy atom. The molecule has 1 heterocycles. The predicted octanol–water partition coefficient (Wildman–Crippen LogP) is 3.71. The van der Waals surface area contributed by atoms with Gasteiger partial charge in [0.05, 0.1) is 0 Å². The number of benzene rings is 2. The lowest BCUT2D eigenvalue weighted by Gasteiger charge is -2.06. The lowest BCUT2D eigenvalue weighted by molar-refractivity contribution is -0.148. The molecular formula is C19H15ClN2O5. The van der Waals surface area contributed by atoms with Crippen LogP contribution in [0, 0.1) is 0 Å². The van der Waals surface area contributed by atoms with E-state index in [-0.39, 0.29) is 24.9 Å². The molecule has 3 aromatic rings. The average Bonchev–Trinajstić information content (AvgIpc) is 3.14. The number of Topliss-reactive ketones (excluding diaryl/α,β-unsaturated/α-hetero) is 1. The maximum atomic E-state index is 11.8. The molecule has 0 saturated heterocycles. The molecule has 0 spiro atoms. The van der Waals surface area contributed by atoms with Gasteiger partial charge in [-0.25, -0.2) is 4.79 Å². The molecule has 7 nitrogen and oxygen atoms in total. The standard InChI is InChI=1S/C19H15ClN2O5/c1-12(23)13-4-8-16(9-5-13)25-11-18(24)26-10-17-21-22-19(27-17)14-2-6-15(20)7-3-14/h2-9H,10-11H2,1H3. The third-order valence-electron chi connectivity index (χ3n) is 3.53. The van der Waals surface area contributed by atoms with Gasteiger partial charge in [-0.2, -0.15) is 0 Å². The molecule has 8 heteroatoms. The molecule has 0 aliphatic carbocycles. The molecule has 0 saturated carbocycles. The molecule has 1 aromatic heterocycles. The maximum Gasteiger partial charge on any atom is 0.344 e. The fourth-order valence-electron chi connectivity index (χ4n) is 2.13. The summed E-state index contributed by atoms with van der Waals surface area (Å²) in [5.74, 6) is 0.300. The molecule has 0 aliphatic heterocycles. The van der Waals surface area contributed by atoms with Crippen LogP contribution in [0.2, 0.25) is 5.02 Å². The number of aromatic nitrogens is 2. The van der Waals surface area contributed by atoms with Gasteiger partial charge in [-0.05, 0) is 55.5 Å². The number of carbonyl (C=O) groups is 2. The number of carbonyl (C=O) groups excluding carboxylic acids is 2. The first-order valence-corrected chi connectivity index (χ1v) is 8.37. The third kappa shape index (κ3) is 5.15. The summed E-state index contributed by atoms with van der Waals surface area (Å²) in [4.78, 5) is 23.0. The highest BCUT2D eigenvalue weighted by Gasteiger charge is 2.11. The molecule has 0 atom stereocenters. The van der Waals surface area contributed by atoms with Crippen molar-refractivity contribution in [3.8, 4) is 17.2 Å². The normalized spacial score (nSPS) is 10.4. The van der Waals surface area contributed by atoms with Crippen molar-refractivity contribution >= 4 is 23.4 Å². The van der Waals surface area contributed by atoms with E-state index in [0.29, 0.717) is 27.8 Å². The molecule has 3 rings (SSSR count). The van der Waals surface area contributed by atoms with Crippen LogP contribution in [0.15, 0.2) is 52.9 Å². The van der Waals surface area contributed by atoms with Crippen molar-refractivity contribution in [1.82, 2.24) is 10.2 Å². The van der Waals surface area contributed by atoms with E-state index in [1.165, 1.54) is 6.92 Å². The van der Waals surface area contributed by atoms with Gasteiger partial charge in [-0.3, -0.25) is 4.79 Å². The molecule has 138 valence electrons. The van der Waals surface area contributed by atoms with Crippen LogP contribution in [0.1, 0.15) is 23.2 Å². The molecule has 2 aromatic carbocycles. The van der Waals surface area contributed by atoms with Crippen LogP contribution in [0.3, 0.4) is 0 Å². The van der Waals surface area contributed by atoms with Gasteiger partial charge in [0.15, 0.2) is 19.0 Å². The van der Waals surface area contributed by atoms with Gasteiger partial charge in [-0.15, -0.1) is 10.2 Å². The number of nitrogens with zero attached hydrogens (tertiary/aromatic N) is 2. The van der Waals surface area contributed by atoms with E-state index in [9.17, 15) is 9.59 Å². The lowest BCUT2D eigenvalue weighted by atomic mass is 10.1. The Morgan fingerprint density at radius 3 is 2.41 bits per heavy atom. The number of halogens is 1. The third-order valence-corrected chi connectivity index (χ3v) is 3.78. The number of esters is 1. The van der Waals surface area contributed by atoms with Crippen molar-refractivity contribution in [3.05, 3.63) is 65.0 Å². The van der Waals surface area contributed by atoms with E-state index in [1.54, 1.807) is 48.5 Å². The summed E-state index contributed by atoms with van der Waals surface area (Å²) in [6.45, 7) is 1.03. The van der Waals surface area contributed by atoms with Crippen LogP contribution in [0.25, 0.3) is 11.5 Å². The van der Waals surface area contributed by atoms with Gasteiger partial charge in [-0.1, -0.05) is 11.6 Å². The van der Waals surface area contributed by atoms with Gasteiger partial charge in [0.25, 0.3) is 5.89 Å². The minimum absolute atomic E-state index is 0.0431. The van der Waals surface area contributed by atoms with E-state index in [4.69, 9.17) is 25.5 Å². The first-order valence-electron chi connectivity index (χ1n) is 7.99. The average molecular weight is 387 g/mol. The largest absolute Gasteiger partial charge is 0.482 e. The van der Waals surface area contributed by atoms with E-state index in [2.05, 4.69) is 10.2 Å². The van der Waals surface area contributed by atoms with Crippen molar-refractivity contribution in [1.29, 1.82) is 0 Å². The van der Waals surface area contributed by atoms with Crippen molar-refractivity contribution < 1.29 is 23.5 Å². The number of ether oxygens (including phenoxy) is 2. The number of rotatable bonds is 7. The Bertz CT molecular complexity index is 935. The summed E-state index contributed by atoms with van der Waals surface area (Å²) in [7, 11) is 0. The van der Waals surface area contributed by atoms with Crippen LogP contribution in [-0.4, -0.2) is 28.6 Å². The predicted molar refractivity (Wildman–Crippen MR) is 96.5 cm³/mol. The fourth-order valence-corrected chi connectivity index (χ4v) is 2.26. The van der Waals surface area contributed by atoms with Gasteiger partial charge < -0.3 is 13.9 Å². The minimum Gasteiger partial charge on any atom is -0.482 e. The maximum absolute atomic E-state index is 11.8. The highest BCUT2D eigenvalue weighted by molar-refractivity contribution is 6.30. The van der Waals surface area contributed by atoms with Crippen LogP contribution in [-0.2, 0) is 16.1 Å². The molecule has 0 unspecified atom stereocenters. The van der Waals surface area contributed by atoms with Crippen LogP contribution < -0.4 is 4.74 Å². The Labute approximate surface area is 159 Å². The number of ketones is 1. The Hall–Kier alpha value is -3.19. The summed E-state index contributed by atoms with van der Waals surface area (Å²) in [5.41, 5.74) is 1.28. The molecule has 0 N–H and O–H groups in total. The van der Waals surface area contributed by atoms with E-state index in [1.807, 2.05) is 0 Å². The monoisotopic (exact) mass is 386 g/mol. The summed E-state index contributed by atoms with van der Waals surface area (Å²) >= 11 is 5.83. The van der Waals surface area contributed by atoms with Gasteiger partial charge in [0.1, 0.15) is 5.75 Å². The summed E-state index contributed by atoms with van der Waals surface area (Å²) in [6.07, 6.45) is 0. The lowest BCUT2D eigenvalue weighted by Crippen LogP contribution is -2.14. The van der Waals surface area contributed by atoms with E-state index < -0.39 is 5.97 Å². The molecule has 0 fully saturated rings. The summed E-state index contributed by atoms with van der Waals surface area (Å²) in [5, 5.41) is 8.33. The first kappa shape index (κ1) is 18.6. The topological polar surface area (TPSA) is 91.5 Å². The molecule has 0 radical (unpaired) electrons. The Balaban J connectivity index is 1.48. The first-order chi connectivity index (χ1) is 13.0. The highest BCUT2D eigenvalue weighted by atomic mass is 35.5. The zero-order valence-electron chi connectivity index (χ0n) is 14.3. The van der Waals surface area contributed by atoms with Crippen LogP contribution in [0.5, 0.6) is 5.75 Å². The fraction of sp³-hybridized carbons (Fsp3) is 0.158.